The molecule has 4 nitrogen and oxygen atoms in total. The van der Waals surface area contributed by atoms with Gasteiger partial charge in [-0.25, -0.2) is 4.98 Å². The fourth-order valence-corrected chi connectivity index (χ4v) is 3.19. The number of thiazole rings is 1. The van der Waals surface area contributed by atoms with Crippen molar-refractivity contribution in [1.29, 1.82) is 0 Å². The van der Waals surface area contributed by atoms with E-state index in [1.165, 1.54) is 12.8 Å². The van der Waals surface area contributed by atoms with Crippen molar-refractivity contribution in [2.45, 2.75) is 38.0 Å². The average molecular weight is 253 g/mol. The molecule has 5 heteroatoms. The first-order chi connectivity index (χ1) is 8.22. The van der Waals surface area contributed by atoms with Crippen LogP contribution in [0.15, 0.2) is 5.38 Å². The zero-order chi connectivity index (χ0) is 11.8. The highest BCUT2D eigenvalue weighted by Gasteiger charge is 2.28. The number of likely N-dealkylation sites (tertiary alicyclic amines) is 1. The molecule has 0 aromatic carbocycles. The molecule has 1 saturated carbocycles. The Morgan fingerprint density at radius 3 is 3.00 bits per heavy atom. The van der Waals surface area contributed by atoms with Gasteiger partial charge in [0.05, 0.1) is 11.8 Å². The van der Waals surface area contributed by atoms with Gasteiger partial charge >= 0.3 is 0 Å². The van der Waals surface area contributed by atoms with E-state index in [1.807, 2.05) is 0 Å². The summed E-state index contributed by atoms with van der Waals surface area (Å²) >= 11 is 1.74. The standard InChI is InChI=1S/C12H19N3OS/c1-14(10-2-3-10)12-13-9(8-17-12)6-15-5-4-11(16)7-15/h8,10-11,16H,2-7H2,1H3/t11-/m1/s1. The Morgan fingerprint density at radius 2 is 2.35 bits per heavy atom. The molecule has 1 aliphatic carbocycles. The van der Waals surface area contributed by atoms with Crippen LogP contribution in [-0.2, 0) is 6.54 Å². The highest BCUT2D eigenvalue weighted by atomic mass is 32.1. The molecule has 2 heterocycles. The number of aliphatic hydroxyl groups is 1. The number of rotatable bonds is 4. The summed E-state index contributed by atoms with van der Waals surface area (Å²) in [6.45, 7) is 2.67. The van der Waals surface area contributed by atoms with Crippen molar-refractivity contribution in [2.75, 3.05) is 25.0 Å². The minimum atomic E-state index is -0.137. The van der Waals surface area contributed by atoms with Crippen molar-refractivity contribution in [1.82, 2.24) is 9.88 Å². The summed E-state index contributed by atoms with van der Waals surface area (Å²) in [6, 6.07) is 0.725. The summed E-state index contributed by atoms with van der Waals surface area (Å²) in [6.07, 6.45) is 3.38. The monoisotopic (exact) mass is 253 g/mol. The molecule has 17 heavy (non-hydrogen) atoms. The molecule has 0 radical (unpaired) electrons. The minimum Gasteiger partial charge on any atom is -0.392 e. The molecule has 1 atom stereocenters. The molecule has 0 unspecified atom stereocenters. The van der Waals surface area contributed by atoms with Crippen LogP contribution in [0.2, 0.25) is 0 Å². The van der Waals surface area contributed by atoms with E-state index in [-0.39, 0.29) is 6.10 Å². The van der Waals surface area contributed by atoms with Gasteiger partial charge in [0, 0.05) is 38.1 Å². The molecule has 1 saturated heterocycles. The van der Waals surface area contributed by atoms with E-state index in [2.05, 4.69) is 27.2 Å². The molecule has 0 amide bonds. The number of hydrogen-bond donors (Lipinski definition) is 1. The summed E-state index contributed by atoms with van der Waals surface area (Å²) in [7, 11) is 2.14. The van der Waals surface area contributed by atoms with Gasteiger partial charge in [-0.1, -0.05) is 0 Å². The third kappa shape index (κ3) is 2.61. The van der Waals surface area contributed by atoms with Crippen molar-refractivity contribution in [3.8, 4) is 0 Å². The van der Waals surface area contributed by atoms with Gasteiger partial charge in [0.1, 0.15) is 0 Å². The lowest BCUT2D eigenvalue weighted by atomic mass is 10.3. The van der Waals surface area contributed by atoms with E-state index >= 15 is 0 Å². The van der Waals surface area contributed by atoms with Crippen LogP contribution >= 0.6 is 11.3 Å². The molecular weight excluding hydrogens is 234 g/mol. The van der Waals surface area contributed by atoms with Gasteiger partial charge in [-0.2, -0.15) is 0 Å². The molecular formula is C12H19N3OS. The lowest BCUT2D eigenvalue weighted by Gasteiger charge is -2.14. The summed E-state index contributed by atoms with van der Waals surface area (Å²) in [5, 5.41) is 12.8. The van der Waals surface area contributed by atoms with Crippen LogP contribution < -0.4 is 4.90 Å². The Labute approximate surface area is 106 Å². The van der Waals surface area contributed by atoms with Crippen molar-refractivity contribution in [3.63, 3.8) is 0 Å². The molecule has 2 fully saturated rings. The molecule has 0 bridgehead atoms. The summed E-state index contributed by atoms with van der Waals surface area (Å²) in [4.78, 5) is 9.26. The molecule has 94 valence electrons. The average Bonchev–Trinajstić information content (AvgIpc) is 2.93. The molecule has 2 aliphatic rings. The lowest BCUT2D eigenvalue weighted by molar-refractivity contribution is 0.174. The Hall–Kier alpha value is -0.650. The number of hydrogen-bond acceptors (Lipinski definition) is 5. The van der Waals surface area contributed by atoms with E-state index in [0.717, 1.165) is 42.9 Å². The number of anilines is 1. The molecule has 0 spiro atoms. The third-order valence-corrected chi connectivity index (χ3v) is 4.55. The van der Waals surface area contributed by atoms with E-state index in [9.17, 15) is 5.11 Å². The maximum Gasteiger partial charge on any atom is 0.185 e. The van der Waals surface area contributed by atoms with Crippen LogP contribution in [0.25, 0.3) is 0 Å². The van der Waals surface area contributed by atoms with Gasteiger partial charge in [-0.15, -0.1) is 11.3 Å². The predicted octanol–water partition coefficient (Wildman–Crippen LogP) is 1.31. The van der Waals surface area contributed by atoms with Gasteiger partial charge < -0.3 is 10.0 Å². The van der Waals surface area contributed by atoms with Crippen molar-refractivity contribution in [2.24, 2.45) is 0 Å². The van der Waals surface area contributed by atoms with Gasteiger partial charge in [-0.3, -0.25) is 4.90 Å². The van der Waals surface area contributed by atoms with E-state index in [1.54, 1.807) is 11.3 Å². The molecule has 1 aromatic heterocycles. The van der Waals surface area contributed by atoms with Gasteiger partial charge in [0.2, 0.25) is 0 Å². The first-order valence-electron chi connectivity index (χ1n) is 6.30. The second kappa shape index (κ2) is 4.55. The highest BCUT2D eigenvalue weighted by molar-refractivity contribution is 7.13. The zero-order valence-electron chi connectivity index (χ0n) is 10.2. The number of aromatic nitrogens is 1. The SMILES string of the molecule is CN(c1nc(CN2CC[C@@H](O)C2)cs1)C1CC1. The van der Waals surface area contributed by atoms with Gasteiger partial charge in [0.15, 0.2) is 5.13 Å². The van der Waals surface area contributed by atoms with Crippen LogP contribution in [0, 0.1) is 0 Å². The predicted molar refractivity (Wildman–Crippen MR) is 69.4 cm³/mol. The molecule has 1 aliphatic heterocycles. The first-order valence-corrected chi connectivity index (χ1v) is 7.18. The number of β-amino-alcohol motifs (C(OH)–C–C–N with tert-alkyl or cyclic N) is 1. The van der Waals surface area contributed by atoms with E-state index in [4.69, 9.17) is 0 Å². The smallest absolute Gasteiger partial charge is 0.185 e. The second-order valence-electron chi connectivity index (χ2n) is 5.14. The largest absolute Gasteiger partial charge is 0.392 e. The van der Waals surface area contributed by atoms with E-state index < -0.39 is 0 Å². The maximum absolute atomic E-state index is 9.48. The normalized spacial score (nSPS) is 25.4. The Balaban J connectivity index is 1.60. The summed E-state index contributed by atoms with van der Waals surface area (Å²) in [5.74, 6) is 0. The zero-order valence-corrected chi connectivity index (χ0v) is 11.0. The van der Waals surface area contributed by atoms with Crippen LogP contribution in [0.1, 0.15) is 25.0 Å². The minimum absolute atomic E-state index is 0.137. The highest BCUT2D eigenvalue weighted by Crippen LogP contribution is 2.32. The third-order valence-electron chi connectivity index (χ3n) is 3.57. The fourth-order valence-electron chi connectivity index (χ4n) is 2.33. The Kier molecular flexibility index (Phi) is 3.06. The van der Waals surface area contributed by atoms with Gasteiger partial charge in [-0.05, 0) is 19.3 Å². The first kappa shape index (κ1) is 11.4. The Morgan fingerprint density at radius 1 is 1.53 bits per heavy atom. The molecule has 3 rings (SSSR count). The van der Waals surface area contributed by atoms with E-state index in [0.29, 0.717) is 0 Å². The Bertz CT molecular complexity index is 391. The van der Waals surface area contributed by atoms with Crippen molar-refractivity contribution in [3.05, 3.63) is 11.1 Å². The molecule has 1 N–H and O–H groups in total. The van der Waals surface area contributed by atoms with Crippen molar-refractivity contribution < 1.29 is 5.11 Å². The number of aliphatic hydroxyl groups excluding tert-OH is 1. The van der Waals surface area contributed by atoms with Crippen LogP contribution in [0.5, 0.6) is 0 Å². The van der Waals surface area contributed by atoms with Crippen LogP contribution in [0.4, 0.5) is 5.13 Å². The fraction of sp³-hybridized carbons (Fsp3) is 0.750. The summed E-state index contributed by atoms with van der Waals surface area (Å²) in [5.41, 5.74) is 1.15. The molecule has 1 aromatic rings. The quantitative estimate of drug-likeness (QED) is 0.878. The topological polar surface area (TPSA) is 39.6 Å². The van der Waals surface area contributed by atoms with Gasteiger partial charge in [0.25, 0.3) is 0 Å². The second-order valence-corrected chi connectivity index (χ2v) is 5.98. The number of nitrogens with zero attached hydrogens (tertiary/aromatic N) is 3. The van der Waals surface area contributed by atoms with Crippen molar-refractivity contribution >= 4 is 16.5 Å². The maximum atomic E-state index is 9.48. The lowest BCUT2D eigenvalue weighted by Crippen LogP contribution is -2.22. The van der Waals surface area contributed by atoms with Crippen LogP contribution in [0.3, 0.4) is 0 Å². The summed E-state index contributed by atoms with van der Waals surface area (Å²) < 4.78 is 0. The van der Waals surface area contributed by atoms with Crippen LogP contribution in [-0.4, -0.2) is 47.3 Å².